The summed E-state index contributed by atoms with van der Waals surface area (Å²) in [6, 6.07) is 6.02. The lowest BCUT2D eigenvalue weighted by Crippen LogP contribution is -2.46. The lowest BCUT2D eigenvalue weighted by Gasteiger charge is -2.36. The molecule has 2 N–H and O–H groups in total. The molecule has 5 rings (SSSR count). The highest BCUT2D eigenvalue weighted by molar-refractivity contribution is 6.42. The van der Waals surface area contributed by atoms with Crippen LogP contribution in [-0.4, -0.2) is 67.1 Å². The van der Waals surface area contributed by atoms with Gasteiger partial charge < -0.3 is 20.1 Å². The van der Waals surface area contributed by atoms with Crippen LogP contribution in [0.25, 0.3) is 0 Å². The van der Waals surface area contributed by atoms with E-state index >= 15 is 0 Å². The molecule has 1 aromatic carbocycles. The number of aliphatic hydroxyl groups is 1. The lowest BCUT2D eigenvalue weighted by molar-refractivity contribution is 0.0647. The maximum atomic E-state index is 10.7. The molecular weight excluding hydrogens is 493 g/mol. The molecule has 36 heavy (non-hydrogen) atoms. The molecule has 2 saturated heterocycles. The van der Waals surface area contributed by atoms with E-state index in [1.165, 1.54) is 11.1 Å². The fraction of sp³-hybridized carbons (Fsp3) is 0.448. The van der Waals surface area contributed by atoms with Gasteiger partial charge in [0.15, 0.2) is 0 Å². The van der Waals surface area contributed by atoms with Crippen LogP contribution in [0.2, 0.25) is 10.0 Å². The number of nitrogens with one attached hydrogen (secondary N) is 1. The summed E-state index contributed by atoms with van der Waals surface area (Å²) in [5, 5.41) is 15.3. The molecule has 0 spiro atoms. The van der Waals surface area contributed by atoms with E-state index in [-0.39, 0.29) is 18.1 Å². The second-order valence-electron chi connectivity index (χ2n) is 10.4. The summed E-state index contributed by atoms with van der Waals surface area (Å²) in [7, 11) is 0. The number of rotatable bonds is 5. The minimum absolute atomic E-state index is 0.0228. The van der Waals surface area contributed by atoms with Gasteiger partial charge >= 0.3 is 0 Å². The van der Waals surface area contributed by atoms with Gasteiger partial charge in [0.1, 0.15) is 0 Å². The van der Waals surface area contributed by atoms with Crippen molar-refractivity contribution >= 4 is 28.9 Å². The van der Waals surface area contributed by atoms with Crippen LogP contribution in [0, 0.1) is 5.92 Å². The molecule has 3 heterocycles. The fourth-order valence-corrected chi connectivity index (χ4v) is 5.72. The largest absolute Gasteiger partial charge is 0.386 e. The van der Waals surface area contributed by atoms with Crippen molar-refractivity contribution in [2.24, 2.45) is 5.92 Å². The number of ether oxygens (including phenoxy) is 1. The number of piperazine rings is 1. The van der Waals surface area contributed by atoms with Crippen LogP contribution < -0.4 is 10.2 Å². The number of dihydropyridines is 1. The number of fused-ring (bicyclic) bond motifs is 2. The SMILES string of the molecule is CC(C)(O)C1=CC2/C(=C/CCN3CCN(c4ccc(Cl)c(Cl)c4)CC3)C3=CC=CNC3COC2C=C1. The molecule has 1 aromatic rings. The van der Waals surface area contributed by atoms with Crippen LogP contribution in [0.3, 0.4) is 0 Å². The van der Waals surface area contributed by atoms with Crippen LogP contribution in [0.1, 0.15) is 20.3 Å². The van der Waals surface area contributed by atoms with E-state index in [2.05, 4.69) is 45.5 Å². The third-order valence-corrected chi connectivity index (χ3v) is 8.27. The van der Waals surface area contributed by atoms with E-state index in [4.69, 9.17) is 27.9 Å². The number of hydrogen-bond donors (Lipinski definition) is 2. The van der Waals surface area contributed by atoms with Gasteiger partial charge in [0, 0.05) is 44.3 Å². The van der Waals surface area contributed by atoms with Gasteiger partial charge in [-0.2, -0.15) is 0 Å². The Hall–Kier alpha value is -2.02. The average molecular weight is 529 g/mol. The van der Waals surface area contributed by atoms with Crippen molar-refractivity contribution in [1.29, 1.82) is 0 Å². The molecule has 2 fully saturated rings. The van der Waals surface area contributed by atoms with E-state index in [1.807, 2.05) is 44.3 Å². The number of benzene rings is 1. The molecule has 0 bridgehead atoms. The molecule has 4 aliphatic rings. The minimum atomic E-state index is -0.884. The topological polar surface area (TPSA) is 48.0 Å². The van der Waals surface area contributed by atoms with Gasteiger partial charge in [-0.15, -0.1) is 0 Å². The standard InChI is InChI=1S/C29H35Cl2N3O2/c1-29(2,35)20-7-10-28-24(17-20)22(23-5-3-11-32-27(23)19-36-28)6-4-12-33-13-15-34(16-14-33)21-8-9-25(30)26(31)18-21/h3,5-11,17-18,24,27-28,32,35H,4,12-16,19H2,1-2H3/b22-6+. The van der Waals surface area contributed by atoms with E-state index in [0.717, 1.165) is 50.4 Å². The first-order valence-electron chi connectivity index (χ1n) is 12.8. The van der Waals surface area contributed by atoms with Crippen molar-refractivity contribution in [3.63, 3.8) is 0 Å². The van der Waals surface area contributed by atoms with Crippen LogP contribution in [0.5, 0.6) is 0 Å². The van der Waals surface area contributed by atoms with Crippen LogP contribution in [-0.2, 0) is 4.74 Å². The Balaban J connectivity index is 1.28. The Morgan fingerprint density at radius 2 is 1.97 bits per heavy atom. The number of nitrogens with zero attached hydrogens (tertiary/aromatic N) is 2. The molecule has 0 amide bonds. The molecule has 7 heteroatoms. The van der Waals surface area contributed by atoms with Crippen molar-refractivity contribution in [1.82, 2.24) is 10.2 Å². The predicted octanol–water partition coefficient (Wildman–Crippen LogP) is 5.13. The van der Waals surface area contributed by atoms with Gasteiger partial charge in [0.25, 0.3) is 0 Å². The number of halogens is 2. The normalized spacial score (nSPS) is 27.6. The fourth-order valence-electron chi connectivity index (χ4n) is 5.43. The lowest BCUT2D eigenvalue weighted by atomic mass is 9.79. The second kappa shape index (κ2) is 10.8. The summed E-state index contributed by atoms with van der Waals surface area (Å²) in [5.74, 6) is 0.0903. The molecule has 1 aliphatic carbocycles. The minimum Gasteiger partial charge on any atom is -0.386 e. The highest BCUT2D eigenvalue weighted by atomic mass is 35.5. The van der Waals surface area contributed by atoms with E-state index < -0.39 is 5.60 Å². The Labute approximate surface area is 224 Å². The summed E-state index contributed by atoms with van der Waals surface area (Å²) < 4.78 is 6.31. The summed E-state index contributed by atoms with van der Waals surface area (Å²) in [6.07, 6.45) is 15.9. The van der Waals surface area contributed by atoms with Crippen LogP contribution in [0.4, 0.5) is 5.69 Å². The van der Waals surface area contributed by atoms with Crippen molar-refractivity contribution in [3.05, 3.63) is 87.6 Å². The zero-order valence-corrected chi connectivity index (χ0v) is 22.5. The molecule has 0 aromatic heterocycles. The molecule has 0 radical (unpaired) electrons. The molecule has 0 saturated carbocycles. The number of hydrogen-bond acceptors (Lipinski definition) is 5. The maximum absolute atomic E-state index is 10.7. The molecule has 3 unspecified atom stereocenters. The van der Waals surface area contributed by atoms with Gasteiger partial charge in [-0.25, -0.2) is 0 Å². The highest BCUT2D eigenvalue weighted by Gasteiger charge is 2.36. The molecular formula is C29H35Cl2N3O2. The number of anilines is 1. The van der Waals surface area contributed by atoms with Gasteiger partial charge in [0.05, 0.1) is 34.4 Å². The Morgan fingerprint density at radius 3 is 2.72 bits per heavy atom. The van der Waals surface area contributed by atoms with Gasteiger partial charge in [0.2, 0.25) is 0 Å². The van der Waals surface area contributed by atoms with Gasteiger partial charge in [-0.05, 0) is 67.5 Å². The Morgan fingerprint density at radius 1 is 1.17 bits per heavy atom. The first-order valence-corrected chi connectivity index (χ1v) is 13.6. The maximum Gasteiger partial charge on any atom is 0.0863 e. The monoisotopic (exact) mass is 527 g/mol. The van der Waals surface area contributed by atoms with Crippen molar-refractivity contribution < 1.29 is 9.84 Å². The van der Waals surface area contributed by atoms with Gasteiger partial charge in [-0.3, -0.25) is 4.90 Å². The molecule has 192 valence electrons. The average Bonchev–Trinajstić information content (AvgIpc) is 3.02. The van der Waals surface area contributed by atoms with E-state index in [9.17, 15) is 5.11 Å². The molecule has 3 aliphatic heterocycles. The smallest absolute Gasteiger partial charge is 0.0863 e. The summed E-state index contributed by atoms with van der Waals surface area (Å²) in [4.78, 5) is 4.90. The summed E-state index contributed by atoms with van der Waals surface area (Å²) >= 11 is 12.3. The van der Waals surface area contributed by atoms with E-state index in [0.29, 0.717) is 16.7 Å². The predicted molar refractivity (Wildman–Crippen MR) is 149 cm³/mol. The molecule has 3 atom stereocenters. The van der Waals surface area contributed by atoms with Crippen molar-refractivity contribution in [2.75, 3.05) is 44.2 Å². The quantitative estimate of drug-likeness (QED) is 0.556. The van der Waals surface area contributed by atoms with Crippen LogP contribution in [0.15, 0.2) is 77.6 Å². The highest BCUT2D eigenvalue weighted by Crippen LogP contribution is 2.38. The van der Waals surface area contributed by atoms with Crippen LogP contribution >= 0.6 is 23.2 Å². The number of allylic oxidation sites excluding steroid dienone is 2. The second-order valence-corrected chi connectivity index (χ2v) is 11.3. The molecule has 5 nitrogen and oxygen atoms in total. The first-order chi connectivity index (χ1) is 17.3. The first kappa shape index (κ1) is 25.6. The third kappa shape index (κ3) is 5.61. The summed E-state index contributed by atoms with van der Waals surface area (Å²) in [5.41, 5.74) is 3.78. The summed E-state index contributed by atoms with van der Waals surface area (Å²) in [6.45, 7) is 9.29. The third-order valence-electron chi connectivity index (χ3n) is 7.53. The zero-order chi connectivity index (χ0) is 25.3. The zero-order valence-electron chi connectivity index (χ0n) is 21.0. The van der Waals surface area contributed by atoms with Gasteiger partial charge in [-0.1, -0.05) is 53.6 Å². The Bertz CT molecular complexity index is 1120. The van der Waals surface area contributed by atoms with Crippen molar-refractivity contribution in [2.45, 2.75) is 38.0 Å². The van der Waals surface area contributed by atoms with Crippen molar-refractivity contribution in [3.8, 4) is 0 Å². The van der Waals surface area contributed by atoms with E-state index in [1.54, 1.807) is 0 Å². The Kier molecular flexibility index (Phi) is 7.66.